The van der Waals surface area contributed by atoms with E-state index in [0.717, 1.165) is 11.3 Å². The van der Waals surface area contributed by atoms with E-state index in [0.29, 0.717) is 11.3 Å². The second-order valence-corrected chi connectivity index (χ2v) is 7.37. The summed E-state index contributed by atoms with van der Waals surface area (Å²) in [6.45, 7) is 0.283. The number of hydrogen-bond donors (Lipinski definition) is 1. The molecule has 2 amide bonds. The fourth-order valence-corrected chi connectivity index (χ4v) is 3.23. The van der Waals surface area contributed by atoms with E-state index in [4.69, 9.17) is 0 Å². The average molecular weight is 456 g/mol. The zero-order valence-corrected chi connectivity index (χ0v) is 18.2. The van der Waals surface area contributed by atoms with Crippen LogP contribution in [0.2, 0.25) is 0 Å². The van der Waals surface area contributed by atoms with Crippen LogP contribution in [-0.2, 0) is 6.54 Å². The Morgan fingerprint density at radius 3 is 2.32 bits per heavy atom. The maximum Gasteiger partial charge on any atom is 0.272 e. The fourth-order valence-electron chi connectivity index (χ4n) is 3.23. The molecular formula is C24H20N6O4. The minimum absolute atomic E-state index is 0.0205. The Hall–Kier alpha value is -4.86. The molecule has 0 fully saturated rings. The van der Waals surface area contributed by atoms with Gasteiger partial charge >= 0.3 is 0 Å². The van der Waals surface area contributed by atoms with Crippen molar-refractivity contribution in [3.63, 3.8) is 0 Å². The number of carbonyl (C=O) groups excluding carboxylic acids is 2. The van der Waals surface area contributed by atoms with Crippen LogP contribution < -0.4 is 10.2 Å². The zero-order chi connectivity index (χ0) is 24.1. The van der Waals surface area contributed by atoms with Gasteiger partial charge in [-0.05, 0) is 48.0 Å². The first-order valence-corrected chi connectivity index (χ1v) is 10.3. The van der Waals surface area contributed by atoms with Crippen LogP contribution in [0.3, 0.4) is 0 Å². The van der Waals surface area contributed by atoms with Crippen LogP contribution in [0, 0.1) is 10.1 Å². The number of nitro groups is 1. The van der Waals surface area contributed by atoms with E-state index >= 15 is 0 Å². The molecule has 10 heteroatoms. The molecule has 0 saturated carbocycles. The fraction of sp³-hybridized carbons (Fsp3) is 0.0833. The lowest BCUT2D eigenvalue weighted by molar-refractivity contribution is -0.384. The predicted octanol–water partition coefficient (Wildman–Crippen LogP) is 3.38. The molecule has 2 heterocycles. The van der Waals surface area contributed by atoms with Gasteiger partial charge < -0.3 is 10.2 Å². The number of non-ortho nitro benzene ring substituents is 1. The van der Waals surface area contributed by atoms with Crippen LogP contribution >= 0.6 is 0 Å². The first-order valence-electron chi connectivity index (χ1n) is 10.3. The molecule has 0 aliphatic heterocycles. The summed E-state index contributed by atoms with van der Waals surface area (Å²) in [4.78, 5) is 40.8. The second kappa shape index (κ2) is 9.74. The Morgan fingerprint density at radius 2 is 1.68 bits per heavy atom. The van der Waals surface area contributed by atoms with Gasteiger partial charge in [-0.25, -0.2) is 4.68 Å². The number of nitrogens with one attached hydrogen (secondary N) is 1. The lowest BCUT2D eigenvalue weighted by atomic mass is 10.1. The standard InChI is InChI=1S/C24H20N6O4/c1-28(24(32)18-10-13-25-14-11-18)19-4-2-17(3-5-19)16-26-23(31)22-12-15-29(27-22)20-6-8-21(9-7-20)30(33)34/h2-15H,16H2,1H3,(H,26,31). The molecule has 34 heavy (non-hydrogen) atoms. The topological polar surface area (TPSA) is 123 Å². The summed E-state index contributed by atoms with van der Waals surface area (Å²) in [5.41, 5.74) is 2.92. The summed E-state index contributed by atoms with van der Waals surface area (Å²) in [6, 6.07) is 18.0. The van der Waals surface area contributed by atoms with Crippen LogP contribution in [0.5, 0.6) is 0 Å². The highest BCUT2D eigenvalue weighted by Crippen LogP contribution is 2.17. The van der Waals surface area contributed by atoms with Crippen molar-refractivity contribution in [2.24, 2.45) is 0 Å². The van der Waals surface area contributed by atoms with Gasteiger partial charge in [0.05, 0.1) is 10.6 Å². The largest absolute Gasteiger partial charge is 0.347 e. The number of benzene rings is 2. The Kier molecular flexibility index (Phi) is 6.40. The Morgan fingerprint density at radius 1 is 1.00 bits per heavy atom. The molecule has 0 bridgehead atoms. The van der Waals surface area contributed by atoms with Gasteiger partial charge in [0.2, 0.25) is 0 Å². The number of rotatable bonds is 7. The molecule has 170 valence electrons. The Balaban J connectivity index is 1.35. The number of hydrogen-bond acceptors (Lipinski definition) is 6. The summed E-state index contributed by atoms with van der Waals surface area (Å²) in [5, 5.41) is 17.8. The zero-order valence-electron chi connectivity index (χ0n) is 18.2. The summed E-state index contributed by atoms with van der Waals surface area (Å²) < 4.78 is 1.48. The summed E-state index contributed by atoms with van der Waals surface area (Å²) in [6.07, 6.45) is 4.75. The molecule has 4 rings (SSSR count). The van der Waals surface area contributed by atoms with Crippen molar-refractivity contribution < 1.29 is 14.5 Å². The van der Waals surface area contributed by atoms with Crippen molar-refractivity contribution in [1.29, 1.82) is 0 Å². The number of nitrogens with zero attached hydrogens (tertiary/aromatic N) is 5. The van der Waals surface area contributed by atoms with Gasteiger partial charge in [-0.2, -0.15) is 5.10 Å². The van der Waals surface area contributed by atoms with Crippen LogP contribution in [0.25, 0.3) is 5.69 Å². The van der Waals surface area contributed by atoms with Crippen molar-refractivity contribution in [3.8, 4) is 5.69 Å². The highest BCUT2D eigenvalue weighted by atomic mass is 16.6. The van der Waals surface area contributed by atoms with E-state index in [1.165, 1.54) is 16.8 Å². The molecular weight excluding hydrogens is 436 g/mol. The minimum Gasteiger partial charge on any atom is -0.347 e. The monoisotopic (exact) mass is 456 g/mol. The minimum atomic E-state index is -0.477. The summed E-state index contributed by atoms with van der Waals surface area (Å²) >= 11 is 0. The van der Waals surface area contributed by atoms with E-state index < -0.39 is 4.92 Å². The van der Waals surface area contributed by atoms with Crippen LogP contribution in [0.4, 0.5) is 11.4 Å². The first kappa shape index (κ1) is 22.3. The lowest BCUT2D eigenvalue weighted by Crippen LogP contribution is -2.26. The van der Waals surface area contributed by atoms with Gasteiger partial charge in [-0.15, -0.1) is 0 Å². The smallest absolute Gasteiger partial charge is 0.272 e. The molecule has 0 spiro atoms. The summed E-state index contributed by atoms with van der Waals surface area (Å²) in [7, 11) is 1.70. The molecule has 10 nitrogen and oxygen atoms in total. The number of carbonyl (C=O) groups is 2. The molecule has 1 N–H and O–H groups in total. The highest BCUT2D eigenvalue weighted by molar-refractivity contribution is 6.05. The normalized spacial score (nSPS) is 10.5. The number of aromatic nitrogens is 3. The van der Waals surface area contributed by atoms with Crippen LogP contribution in [0.1, 0.15) is 26.4 Å². The van der Waals surface area contributed by atoms with Gasteiger partial charge in [0.1, 0.15) is 0 Å². The molecule has 2 aromatic heterocycles. The summed E-state index contributed by atoms with van der Waals surface area (Å²) in [5.74, 6) is -0.498. The van der Waals surface area contributed by atoms with E-state index in [1.54, 1.807) is 60.9 Å². The predicted molar refractivity (Wildman–Crippen MR) is 125 cm³/mol. The molecule has 0 saturated heterocycles. The third kappa shape index (κ3) is 4.96. The van der Waals surface area contributed by atoms with E-state index in [-0.39, 0.29) is 29.7 Å². The third-order valence-corrected chi connectivity index (χ3v) is 5.16. The van der Waals surface area contributed by atoms with Crippen LogP contribution in [-0.4, -0.2) is 38.5 Å². The van der Waals surface area contributed by atoms with Crippen molar-refractivity contribution in [1.82, 2.24) is 20.1 Å². The van der Waals surface area contributed by atoms with Gasteiger partial charge in [0.15, 0.2) is 5.69 Å². The third-order valence-electron chi connectivity index (χ3n) is 5.16. The van der Waals surface area contributed by atoms with Crippen molar-refractivity contribution in [3.05, 3.63) is 112 Å². The van der Waals surface area contributed by atoms with E-state index in [9.17, 15) is 19.7 Å². The van der Waals surface area contributed by atoms with Gasteiger partial charge in [-0.3, -0.25) is 24.7 Å². The molecule has 0 aliphatic carbocycles. The molecule has 2 aromatic carbocycles. The van der Waals surface area contributed by atoms with Gasteiger partial charge in [-0.1, -0.05) is 12.1 Å². The first-order chi connectivity index (χ1) is 16.4. The number of nitro benzene ring substituents is 1. The van der Waals surface area contributed by atoms with E-state index in [1.807, 2.05) is 24.3 Å². The van der Waals surface area contributed by atoms with E-state index in [2.05, 4.69) is 15.4 Å². The van der Waals surface area contributed by atoms with Gasteiger partial charge in [0, 0.05) is 55.6 Å². The van der Waals surface area contributed by atoms with Crippen molar-refractivity contribution in [2.45, 2.75) is 6.54 Å². The Bertz CT molecular complexity index is 1320. The Labute approximate surface area is 194 Å². The molecule has 0 aliphatic rings. The second-order valence-electron chi connectivity index (χ2n) is 7.37. The van der Waals surface area contributed by atoms with Crippen molar-refractivity contribution in [2.75, 3.05) is 11.9 Å². The van der Waals surface area contributed by atoms with Gasteiger partial charge in [0.25, 0.3) is 17.5 Å². The quantitative estimate of drug-likeness (QED) is 0.336. The van der Waals surface area contributed by atoms with Crippen molar-refractivity contribution >= 4 is 23.2 Å². The van der Waals surface area contributed by atoms with Crippen LogP contribution in [0.15, 0.2) is 85.3 Å². The highest BCUT2D eigenvalue weighted by Gasteiger charge is 2.14. The lowest BCUT2D eigenvalue weighted by Gasteiger charge is -2.17. The number of anilines is 1. The molecule has 0 atom stereocenters. The number of amides is 2. The molecule has 4 aromatic rings. The average Bonchev–Trinajstić information content (AvgIpc) is 3.38. The maximum atomic E-state index is 12.6. The maximum absolute atomic E-state index is 12.6. The molecule has 0 radical (unpaired) electrons. The molecule has 0 unspecified atom stereocenters. The number of pyridine rings is 1. The SMILES string of the molecule is CN(C(=O)c1ccncc1)c1ccc(CNC(=O)c2ccn(-c3ccc([N+](=O)[O-])cc3)n2)cc1.